The van der Waals surface area contributed by atoms with E-state index in [9.17, 15) is 8.42 Å². The molecule has 0 heterocycles. The third-order valence-corrected chi connectivity index (χ3v) is 5.09. The Hall–Kier alpha value is -0.910. The fourth-order valence-electron chi connectivity index (χ4n) is 2.13. The molecule has 1 aromatic carbocycles. The average molecular weight is 284 g/mol. The molecule has 0 aliphatic heterocycles. The van der Waals surface area contributed by atoms with Crippen LogP contribution in [0.4, 0.5) is 0 Å². The van der Waals surface area contributed by atoms with Crippen molar-refractivity contribution in [2.45, 2.75) is 51.6 Å². The van der Waals surface area contributed by atoms with Gasteiger partial charge in [-0.2, -0.15) is 0 Å². The third kappa shape index (κ3) is 3.78. The lowest BCUT2D eigenvalue weighted by Crippen LogP contribution is -2.38. The highest BCUT2D eigenvalue weighted by molar-refractivity contribution is 7.89. The highest BCUT2D eigenvalue weighted by atomic mass is 32.2. The van der Waals surface area contributed by atoms with Gasteiger partial charge in [0.2, 0.25) is 10.0 Å². The maximum absolute atomic E-state index is 12.4. The molecule has 0 saturated heterocycles. The summed E-state index contributed by atoms with van der Waals surface area (Å²) in [6.45, 7) is 8.15. The van der Waals surface area contributed by atoms with Crippen molar-refractivity contribution in [1.29, 1.82) is 0 Å². The topological polar surface area (TPSA) is 72.2 Å². The second-order valence-corrected chi connectivity index (χ2v) is 6.81. The van der Waals surface area contributed by atoms with Gasteiger partial charge in [-0.3, -0.25) is 0 Å². The zero-order valence-electron chi connectivity index (χ0n) is 12.1. The predicted molar refractivity (Wildman–Crippen MR) is 78.3 cm³/mol. The standard InChI is InChI=1S/C14H24N2O2S/c1-5-13(10(2)3)16-19(17,18)14-8-6-7-12(9-15)11(14)4/h6-8,10,13,16H,5,9,15H2,1-4H3. The lowest BCUT2D eigenvalue weighted by molar-refractivity contribution is 0.437. The molecule has 3 N–H and O–H groups in total. The molecule has 0 aromatic heterocycles. The van der Waals surface area contributed by atoms with Gasteiger partial charge in [-0.25, -0.2) is 13.1 Å². The summed E-state index contributed by atoms with van der Waals surface area (Å²) in [6, 6.07) is 5.17. The number of nitrogens with one attached hydrogen (secondary N) is 1. The Morgan fingerprint density at radius 1 is 1.32 bits per heavy atom. The van der Waals surface area contributed by atoms with Crippen LogP contribution >= 0.6 is 0 Å². The normalized spacial score (nSPS) is 13.8. The minimum atomic E-state index is -3.49. The van der Waals surface area contributed by atoms with Gasteiger partial charge in [0.15, 0.2) is 0 Å². The van der Waals surface area contributed by atoms with E-state index in [1.807, 2.05) is 26.8 Å². The van der Waals surface area contributed by atoms with E-state index in [1.54, 1.807) is 19.1 Å². The van der Waals surface area contributed by atoms with E-state index in [0.29, 0.717) is 11.4 Å². The first-order valence-corrected chi connectivity index (χ1v) is 8.12. The number of hydrogen-bond acceptors (Lipinski definition) is 3. The van der Waals surface area contributed by atoms with Crippen molar-refractivity contribution in [2.24, 2.45) is 11.7 Å². The van der Waals surface area contributed by atoms with Crippen LogP contribution in [0, 0.1) is 12.8 Å². The Morgan fingerprint density at radius 2 is 1.95 bits per heavy atom. The lowest BCUT2D eigenvalue weighted by Gasteiger charge is -2.21. The van der Waals surface area contributed by atoms with Crippen LogP contribution in [0.5, 0.6) is 0 Å². The van der Waals surface area contributed by atoms with Gasteiger partial charge in [-0.05, 0) is 36.5 Å². The fraction of sp³-hybridized carbons (Fsp3) is 0.571. The predicted octanol–water partition coefficient (Wildman–Crippen LogP) is 2.17. The molecule has 19 heavy (non-hydrogen) atoms. The van der Waals surface area contributed by atoms with Gasteiger partial charge in [0.05, 0.1) is 4.90 Å². The molecular weight excluding hydrogens is 260 g/mol. The van der Waals surface area contributed by atoms with Crippen molar-refractivity contribution in [3.8, 4) is 0 Å². The van der Waals surface area contributed by atoms with E-state index in [0.717, 1.165) is 17.5 Å². The highest BCUT2D eigenvalue weighted by Gasteiger charge is 2.23. The maximum Gasteiger partial charge on any atom is 0.241 e. The summed E-state index contributed by atoms with van der Waals surface area (Å²) in [5, 5.41) is 0. The summed E-state index contributed by atoms with van der Waals surface area (Å²) < 4.78 is 27.7. The highest BCUT2D eigenvalue weighted by Crippen LogP contribution is 2.20. The smallest absolute Gasteiger partial charge is 0.241 e. The molecule has 1 unspecified atom stereocenters. The summed E-state index contributed by atoms with van der Waals surface area (Å²) in [5.41, 5.74) is 7.22. The maximum atomic E-state index is 12.4. The molecule has 0 radical (unpaired) electrons. The first-order valence-electron chi connectivity index (χ1n) is 6.64. The van der Waals surface area contributed by atoms with E-state index in [2.05, 4.69) is 4.72 Å². The first-order chi connectivity index (χ1) is 8.83. The molecule has 0 saturated carbocycles. The van der Waals surface area contributed by atoms with Crippen LogP contribution in [-0.2, 0) is 16.6 Å². The number of sulfonamides is 1. The van der Waals surface area contributed by atoms with Gasteiger partial charge in [-0.1, -0.05) is 32.9 Å². The fourth-order valence-corrected chi connectivity index (χ4v) is 3.88. The SMILES string of the molecule is CCC(NS(=O)(=O)c1cccc(CN)c1C)C(C)C. The second-order valence-electron chi connectivity index (χ2n) is 5.12. The summed E-state index contributed by atoms with van der Waals surface area (Å²) in [6.07, 6.45) is 0.770. The average Bonchev–Trinajstić information content (AvgIpc) is 2.35. The quantitative estimate of drug-likeness (QED) is 0.841. The molecule has 0 amide bonds. The first kappa shape index (κ1) is 16.1. The number of rotatable bonds is 6. The monoisotopic (exact) mass is 284 g/mol. The van der Waals surface area contributed by atoms with E-state index in [4.69, 9.17) is 5.73 Å². The molecule has 1 atom stereocenters. The van der Waals surface area contributed by atoms with E-state index < -0.39 is 10.0 Å². The van der Waals surface area contributed by atoms with Crippen molar-refractivity contribution in [2.75, 3.05) is 0 Å². The number of benzene rings is 1. The van der Waals surface area contributed by atoms with Crippen LogP contribution < -0.4 is 10.5 Å². The van der Waals surface area contributed by atoms with E-state index in [1.165, 1.54) is 0 Å². The molecular formula is C14H24N2O2S. The molecule has 1 aromatic rings. The second kappa shape index (κ2) is 6.50. The molecule has 108 valence electrons. The minimum Gasteiger partial charge on any atom is -0.326 e. The van der Waals surface area contributed by atoms with Crippen LogP contribution in [0.15, 0.2) is 23.1 Å². The molecule has 0 aliphatic rings. The summed E-state index contributed by atoms with van der Waals surface area (Å²) in [4.78, 5) is 0.328. The van der Waals surface area contributed by atoms with Crippen LogP contribution in [-0.4, -0.2) is 14.5 Å². The molecule has 0 aliphatic carbocycles. The van der Waals surface area contributed by atoms with Crippen molar-refractivity contribution < 1.29 is 8.42 Å². The van der Waals surface area contributed by atoms with Gasteiger partial charge < -0.3 is 5.73 Å². The summed E-state index contributed by atoms with van der Waals surface area (Å²) >= 11 is 0. The van der Waals surface area contributed by atoms with Gasteiger partial charge >= 0.3 is 0 Å². The molecule has 0 bridgehead atoms. The lowest BCUT2D eigenvalue weighted by atomic mass is 10.0. The zero-order chi connectivity index (χ0) is 14.6. The zero-order valence-corrected chi connectivity index (χ0v) is 12.9. The van der Waals surface area contributed by atoms with Crippen molar-refractivity contribution >= 4 is 10.0 Å². The number of hydrogen-bond donors (Lipinski definition) is 2. The van der Waals surface area contributed by atoms with Crippen LogP contribution in [0.1, 0.15) is 38.3 Å². The van der Waals surface area contributed by atoms with Crippen molar-refractivity contribution in [3.63, 3.8) is 0 Å². The number of nitrogens with two attached hydrogens (primary N) is 1. The largest absolute Gasteiger partial charge is 0.326 e. The Morgan fingerprint density at radius 3 is 2.42 bits per heavy atom. The molecule has 0 spiro atoms. The molecule has 1 rings (SSSR count). The van der Waals surface area contributed by atoms with E-state index >= 15 is 0 Å². The molecule has 0 fully saturated rings. The summed E-state index contributed by atoms with van der Waals surface area (Å²) in [5.74, 6) is 0.262. The van der Waals surface area contributed by atoms with Gasteiger partial charge in [0.1, 0.15) is 0 Å². The summed E-state index contributed by atoms with van der Waals surface area (Å²) in [7, 11) is -3.49. The van der Waals surface area contributed by atoms with E-state index in [-0.39, 0.29) is 12.0 Å². The van der Waals surface area contributed by atoms with Gasteiger partial charge in [-0.15, -0.1) is 0 Å². The Labute approximate surface area is 116 Å². The van der Waals surface area contributed by atoms with Crippen molar-refractivity contribution in [1.82, 2.24) is 4.72 Å². The van der Waals surface area contributed by atoms with Crippen molar-refractivity contribution in [3.05, 3.63) is 29.3 Å². The Balaban J connectivity index is 3.14. The molecule has 5 heteroatoms. The Bertz CT molecular complexity index is 524. The molecule has 4 nitrogen and oxygen atoms in total. The van der Waals surface area contributed by atoms with Crippen LogP contribution in [0.3, 0.4) is 0 Å². The van der Waals surface area contributed by atoms with Gasteiger partial charge in [0, 0.05) is 12.6 Å². The van der Waals surface area contributed by atoms with Gasteiger partial charge in [0.25, 0.3) is 0 Å². The third-order valence-electron chi connectivity index (χ3n) is 3.46. The van der Waals surface area contributed by atoms with Crippen LogP contribution in [0.2, 0.25) is 0 Å². The minimum absolute atomic E-state index is 0.0501. The van der Waals surface area contributed by atoms with Crippen LogP contribution in [0.25, 0.3) is 0 Å². The Kier molecular flexibility index (Phi) is 5.52.